The molecule has 0 radical (unpaired) electrons. The molecule has 0 bridgehead atoms. The number of piperidine rings is 1. The number of likely N-dealkylation sites (tertiary alicyclic amines) is 1. The number of nitrogens with zero attached hydrogens (tertiary/aromatic N) is 1. The predicted molar refractivity (Wildman–Crippen MR) is 62.5 cm³/mol. The molecule has 1 heterocycles. The van der Waals surface area contributed by atoms with E-state index in [1.165, 1.54) is 11.8 Å². The summed E-state index contributed by atoms with van der Waals surface area (Å²) in [4.78, 5) is 13.1. The smallest absolute Gasteiger partial charge is 0.222 e. The highest BCUT2D eigenvalue weighted by Crippen LogP contribution is 2.17. The first kappa shape index (κ1) is 11.8. The van der Waals surface area contributed by atoms with Gasteiger partial charge in [-0.15, -0.1) is 0 Å². The van der Waals surface area contributed by atoms with Crippen LogP contribution in [0.3, 0.4) is 0 Å². The van der Waals surface area contributed by atoms with Crippen LogP contribution >= 0.6 is 24.0 Å². The van der Waals surface area contributed by atoms with Gasteiger partial charge in [0.15, 0.2) is 0 Å². The molecular weight excluding hydrogens is 218 g/mol. The van der Waals surface area contributed by atoms with Crippen molar-refractivity contribution in [3.8, 4) is 0 Å². The highest BCUT2D eigenvalue weighted by Gasteiger charge is 2.25. The van der Waals surface area contributed by atoms with E-state index >= 15 is 0 Å². The highest BCUT2D eigenvalue weighted by atomic mass is 32.2. The van der Waals surface area contributed by atoms with E-state index in [-0.39, 0.29) is 11.9 Å². The van der Waals surface area contributed by atoms with Crippen LogP contribution in [0.1, 0.15) is 19.3 Å². The zero-order valence-electron chi connectivity index (χ0n) is 8.49. The molecule has 0 aromatic heterocycles. The average Bonchev–Trinajstić information content (AvgIpc) is 2.20. The van der Waals surface area contributed by atoms with Crippen molar-refractivity contribution < 1.29 is 9.53 Å². The maximum Gasteiger partial charge on any atom is 0.222 e. The Hall–Kier alpha value is -0.290. The third kappa shape index (κ3) is 3.13. The van der Waals surface area contributed by atoms with Crippen molar-refractivity contribution in [1.29, 1.82) is 0 Å². The summed E-state index contributed by atoms with van der Waals surface area (Å²) in [6.07, 6.45) is 4.53. The third-order valence-corrected chi connectivity index (χ3v) is 3.50. The van der Waals surface area contributed by atoms with Crippen LogP contribution in [0, 0.1) is 0 Å². The molecule has 1 fully saturated rings. The minimum absolute atomic E-state index is 0.196. The molecule has 0 saturated carbocycles. The lowest BCUT2D eigenvalue weighted by Crippen LogP contribution is -2.43. The van der Waals surface area contributed by atoms with Crippen molar-refractivity contribution in [3.63, 3.8) is 0 Å². The van der Waals surface area contributed by atoms with Crippen LogP contribution in [0.2, 0.25) is 0 Å². The Morgan fingerprint density at radius 2 is 2.50 bits per heavy atom. The number of amides is 1. The molecule has 1 unspecified atom stereocenters. The first-order chi connectivity index (χ1) is 6.65. The van der Waals surface area contributed by atoms with E-state index in [1.807, 2.05) is 13.3 Å². The normalized spacial score (nSPS) is 22.3. The van der Waals surface area contributed by atoms with Crippen LogP contribution < -0.4 is 0 Å². The minimum atomic E-state index is 0.196. The number of rotatable bonds is 2. The summed E-state index contributed by atoms with van der Waals surface area (Å²) >= 11 is 6.35. The van der Waals surface area contributed by atoms with Crippen LogP contribution in [-0.4, -0.2) is 41.1 Å². The number of hydrogen-bond acceptors (Lipinski definition) is 4. The van der Waals surface area contributed by atoms with Crippen LogP contribution in [0.4, 0.5) is 0 Å². The standard InChI is InChI=1S/C9H15NO2S2/c1-10-7(4-3-5-8(10)11)6-12-9(13)14-2/h7H,3-6H2,1-2H3. The zero-order valence-corrected chi connectivity index (χ0v) is 10.1. The fourth-order valence-corrected chi connectivity index (χ4v) is 1.73. The molecule has 80 valence electrons. The average molecular weight is 233 g/mol. The van der Waals surface area contributed by atoms with Gasteiger partial charge in [-0.1, -0.05) is 11.8 Å². The van der Waals surface area contributed by atoms with Crippen molar-refractivity contribution >= 4 is 34.3 Å². The molecule has 0 aromatic carbocycles. The first-order valence-corrected chi connectivity index (χ1v) is 6.25. The van der Waals surface area contributed by atoms with Gasteiger partial charge >= 0.3 is 0 Å². The van der Waals surface area contributed by atoms with E-state index in [0.717, 1.165) is 12.8 Å². The summed E-state index contributed by atoms with van der Waals surface area (Å²) in [7, 11) is 1.83. The largest absolute Gasteiger partial charge is 0.476 e. The lowest BCUT2D eigenvalue weighted by molar-refractivity contribution is -0.135. The summed E-state index contributed by atoms with van der Waals surface area (Å²) in [5, 5.41) is 0. The Bertz CT molecular complexity index is 233. The van der Waals surface area contributed by atoms with Crippen molar-refractivity contribution in [2.75, 3.05) is 19.9 Å². The molecule has 1 saturated heterocycles. The topological polar surface area (TPSA) is 29.5 Å². The molecule has 1 amide bonds. The number of thioether (sulfide) groups is 1. The van der Waals surface area contributed by atoms with Gasteiger partial charge in [-0.05, 0) is 31.3 Å². The molecule has 1 aliphatic rings. The van der Waals surface area contributed by atoms with Gasteiger partial charge in [-0.25, -0.2) is 0 Å². The summed E-state index contributed by atoms with van der Waals surface area (Å²) in [6.45, 7) is 0.530. The molecule has 0 aliphatic carbocycles. The van der Waals surface area contributed by atoms with Gasteiger partial charge in [0, 0.05) is 13.5 Å². The van der Waals surface area contributed by atoms with E-state index in [9.17, 15) is 4.79 Å². The van der Waals surface area contributed by atoms with Gasteiger partial charge in [0.25, 0.3) is 0 Å². The second kappa shape index (κ2) is 5.56. The second-order valence-corrected chi connectivity index (χ2v) is 4.72. The summed E-state index contributed by atoms with van der Waals surface area (Å²) in [5.74, 6) is 0.208. The van der Waals surface area contributed by atoms with Gasteiger partial charge in [0.2, 0.25) is 10.3 Å². The fourth-order valence-electron chi connectivity index (χ4n) is 1.48. The number of carbonyl (C=O) groups is 1. The van der Waals surface area contributed by atoms with E-state index in [0.29, 0.717) is 17.4 Å². The Morgan fingerprint density at radius 1 is 1.79 bits per heavy atom. The number of carbonyl (C=O) groups excluding carboxylic acids is 1. The van der Waals surface area contributed by atoms with Gasteiger partial charge in [-0.2, -0.15) is 0 Å². The summed E-state index contributed by atoms with van der Waals surface area (Å²) in [6, 6.07) is 0.196. The lowest BCUT2D eigenvalue weighted by atomic mass is 10.0. The summed E-state index contributed by atoms with van der Waals surface area (Å²) < 4.78 is 5.90. The molecule has 5 heteroatoms. The van der Waals surface area contributed by atoms with Crippen LogP contribution in [0.5, 0.6) is 0 Å². The minimum Gasteiger partial charge on any atom is -0.476 e. The van der Waals surface area contributed by atoms with Crippen LogP contribution in [0.25, 0.3) is 0 Å². The molecule has 0 aromatic rings. The van der Waals surface area contributed by atoms with Crippen LogP contribution in [-0.2, 0) is 9.53 Å². The molecule has 1 aliphatic heterocycles. The number of hydrogen-bond donors (Lipinski definition) is 0. The quantitative estimate of drug-likeness (QED) is 0.679. The second-order valence-electron chi connectivity index (χ2n) is 3.32. The van der Waals surface area contributed by atoms with Gasteiger partial charge in [-0.3, -0.25) is 4.79 Å². The fraction of sp³-hybridized carbons (Fsp3) is 0.778. The van der Waals surface area contributed by atoms with Crippen molar-refractivity contribution in [2.45, 2.75) is 25.3 Å². The first-order valence-electron chi connectivity index (χ1n) is 4.61. The van der Waals surface area contributed by atoms with Crippen molar-refractivity contribution in [3.05, 3.63) is 0 Å². The Kier molecular flexibility index (Phi) is 4.68. The lowest BCUT2D eigenvalue weighted by Gasteiger charge is -2.32. The maximum absolute atomic E-state index is 11.4. The van der Waals surface area contributed by atoms with Crippen molar-refractivity contribution in [2.24, 2.45) is 0 Å². The third-order valence-electron chi connectivity index (χ3n) is 2.43. The van der Waals surface area contributed by atoms with E-state index in [2.05, 4.69) is 0 Å². The van der Waals surface area contributed by atoms with Gasteiger partial charge in [0.05, 0.1) is 6.04 Å². The molecule has 0 spiro atoms. The molecule has 1 rings (SSSR count). The van der Waals surface area contributed by atoms with Gasteiger partial charge in [0.1, 0.15) is 6.61 Å². The Balaban J connectivity index is 2.36. The number of thiocarbonyl (C=S) groups is 1. The predicted octanol–water partition coefficient (Wildman–Crippen LogP) is 1.66. The SMILES string of the molecule is CSC(=S)OCC1CCCC(=O)N1C. The Morgan fingerprint density at radius 3 is 3.14 bits per heavy atom. The van der Waals surface area contributed by atoms with Crippen LogP contribution in [0.15, 0.2) is 0 Å². The molecule has 14 heavy (non-hydrogen) atoms. The van der Waals surface area contributed by atoms with E-state index in [4.69, 9.17) is 17.0 Å². The molecule has 0 N–H and O–H groups in total. The monoisotopic (exact) mass is 233 g/mol. The van der Waals surface area contributed by atoms with Gasteiger partial charge < -0.3 is 9.64 Å². The zero-order chi connectivity index (χ0) is 10.6. The molecule has 1 atom stereocenters. The highest BCUT2D eigenvalue weighted by molar-refractivity contribution is 8.22. The van der Waals surface area contributed by atoms with E-state index < -0.39 is 0 Å². The Labute approximate surface area is 94.2 Å². The van der Waals surface area contributed by atoms with E-state index in [1.54, 1.807) is 4.90 Å². The van der Waals surface area contributed by atoms with Crippen molar-refractivity contribution in [1.82, 2.24) is 4.90 Å². The molecular formula is C9H15NO2S2. The number of ether oxygens (including phenoxy) is 1. The molecule has 3 nitrogen and oxygen atoms in total. The summed E-state index contributed by atoms with van der Waals surface area (Å²) in [5.41, 5.74) is 0. The maximum atomic E-state index is 11.4. The number of likely N-dealkylation sites (N-methyl/N-ethyl adjacent to an activating group) is 1.